The van der Waals surface area contributed by atoms with Crippen molar-refractivity contribution in [3.63, 3.8) is 0 Å². The molecule has 0 fully saturated rings. The van der Waals surface area contributed by atoms with Gasteiger partial charge in [-0.3, -0.25) is 12.2 Å². The second-order valence-electron chi connectivity index (χ2n) is 7.45. The molecule has 6 heteroatoms. The van der Waals surface area contributed by atoms with Gasteiger partial charge >= 0.3 is 64.1 Å². The number of hydrogen-bond acceptors (Lipinski definition) is 0. The monoisotopic (exact) mass is 769 g/mol. The Bertz CT molecular complexity index is 737. The van der Waals surface area contributed by atoms with Crippen molar-refractivity contribution in [3.8, 4) is 0 Å². The molecule has 0 unspecified atom stereocenters. The molecule has 0 saturated carbocycles. The molecule has 0 heterocycles. The van der Waals surface area contributed by atoms with Crippen molar-refractivity contribution in [2.45, 2.75) is 67.2 Å². The maximum absolute atomic E-state index is 4.93. The van der Waals surface area contributed by atoms with Crippen molar-refractivity contribution in [1.82, 2.24) is 0 Å². The second kappa shape index (κ2) is 38.8. The van der Waals surface area contributed by atoms with Gasteiger partial charge in [0.05, 0.1) is 0 Å². The van der Waals surface area contributed by atoms with Crippen molar-refractivity contribution in [3.05, 3.63) is 145 Å². The molecule has 0 atom stereocenters. The maximum atomic E-state index is 4.93. The molecule has 0 aromatic heterocycles. The minimum atomic E-state index is -0.826. The Morgan fingerprint density at radius 2 is 0.821 bits per heavy atom. The summed E-state index contributed by atoms with van der Waals surface area (Å²) in [6.45, 7) is 13.6. The first-order valence-electron chi connectivity index (χ1n) is 9.98. The van der Waals surface area contributed by atoms with Crippen LogP contribution >= 0.6 is 17.0 Å². The molecule has 0 amide bonds. The van der Waals surface area contributed by atoms with E-state index in [1.54, 1.807) is 22.3 Å². The molecule has 0 aromatic rings. The maximum Gasteiger partial charge on any atom is 2.00 e. The van der Waals surface area contributed by atoms with E-state index in [1.807, 2.05) is 24.3 Å². The van der Waals surface area contributed by atoms with E-state index in [-0.39, 0.29) is 103 Å². The van der Waals surface area contributed by atoms with Crippen LogP contribution in [0, 0.1) is 64.1 Å². The number of halogens is 4. The standard InChI is InChI=1S/C16H22.2C5H5.7CH3.4ClH.2Zr/c1-9-7-15(13(5)11(9)3)16-8-10(2)12(4)14(16)6;2*1-2-4-5-3-1;;;;;;;;;;;;;/h7-8H2,1-6H3;2*1-3H,4H2;7*1H3;4*1H;;/q;9*-1;;;;;2*+2/p-4. The first-order valence-corrected chi connectivity index (χ1v) is 16.3. The number of rotatable bonds is 1. The van der Waals surface area contributed by atoms with Gasteiger partial charge in [-0.05, 0) is 87.8 Å². The van der Waals surface area contributed by atoms with E-state index in [0.717, 1.165) is 12.8 Å². The van der Waals surface area contributed by atoms with Gasteiger partial charge in [-0.2, -0.15) is 12.2 Å². The molecule has 230 valence electrons. The summed E-state index contributed by atoms with van der Waals surface area (Å²) >= 11 is -0.826. The van der Waals surface area contributed by atoms with Crippen LogP contribution in [0.5, 0.6) is 0 Å². The second-order valence-corrected chi connectivity index (χ2v) is 11.2. The summed E-state index contributed by atoms with van der Waals surface area (Å²) in [5, 5.41) is 0. The molecular formula is C33H53Cl4Zr2-9. The van der Waals surface area contributed by atoms with E-state index < -0.39 is 20.8 Å². The average Bonchev–Trinajstić information content (AvgIpc) is 3.50. The molecule has 0 saturated heterocycles. The molecule has 0 N–H and O–H groups in total. The third kappa shape index (κ3) is 24.0. The molecule has 0 aromatic carbocycles. The zero-order chi connectivity index (χ0) is 21.8. The van der Waals surface area contributed by atoms with Crippen molar-refractivity contribution in [2.24, 2.45) is 0 Å². The Labute approximate surface area is 298 Å². The normalized spacial score (nSPS) is 13.9. The van der Waals surface area contributed by atoms with Crippen LogP contribution in [-0.4, -0.2) is 0 Å². The Kier molecular flexibility index (Phi) is 67.2. The number of hydrogen-bond donors (Lipinski definition) is 0. The predicted molar refractivity (Wildman–Crippen MR) is 171 cm³/mol. The fourth-order valence-corrected chi connectivity index (χ4v) is 3.50. The summed E-state index contributed by atoms with van der Waals surface area (Å²) in [6, 6.07) is 0. The smallest absolute Gasteiger partial charge is 2.00 e. The van der Waals surface area contributed by atoms with Crippen LogP contribution in [-0.2, 0) is 47.1 Å². The topological polar surface area (TPSA) is 0 Å². The van der Waals surface area contributed by atoms with E-state index in [0.29, 0.717) is 0 Å². The Balaban J connectivity index is -0.0000000395. The van der Waals surface area contributed by atoms with Gasteiger partial charge in [-0.25, -0.2) is 24.3 Å². The molecule has 0 spiro atoms. The Hall–Kier alpha value is 0.846. The third-order valence-corrected chi connectivity index (χ3v) is 5.73. The first kappa shape index (κ1) is 67.5. The molecule has 39 heavy (non-hydrogen) atoms. The van der Waals surface area contributed by atoms with Crippen LogP contribution in [0.15, 0.2) is 81.0 Å². The van der Waals surface area contributed by atoms with E-state index >= 15 is 0 Å². The van der Waals surface area contributed by atoms with Crippen LogP contribution in [0.1, 0.15) is 67.2 Å². The van der Waals surface area contributed by atoms with Gasteiger partial charge in [0, 0.05) is 0 Å². The van der Waals surface area contributed by atoms with Crippen LogP contribution in [0.2, 0.25) is 0 Å². The Morgan fingerprint density at radius 3 is 0.923 bits per heavy atom. The fraction of sp³-hybridized carbons (Fsp3) is 0.303. The van der Waals surface area contributed by atoms with Crippen LogP contribution < -0.4 is 24.8 Å². The van der Waals surface area contributed by atoms with Crippen LogP contribution in [0.25, 0.3) is 0 Å². The molecule has 0 aliphatic heterocycles. The van der Waals surface area contributed by atoms with Gasteiger partial charge in [-0.15, -0.1) is 12.8 Å². The summed E-state index contributed by atoms with van der Waals surface area (Å²) in [5.74, 6) is 0. The summed E-state index contributed by atoms with van der Waals surface area (Å²) in [5.41, 5.74) is 12.4. The van der Waals surface area contributed by atoms with Crippen molar-refractivity contribution >= 4 is 17.0 Å². The van der Waals surface area contributed by atoms with Crippen molar-refractivity contribution < 1.29 is 71.9 Å². The Morgan fingerprint density at radius 1 is 0.564 bits per heavy atom. The molecule has 0 radical (unpaired) electrons. The van der Waals surface area contributed by atoms with E-state index in [1.165, 1.54) is 35.1 Å². The fourth-order valence-electron chi connectivity index (χ4n) is 3.50. The summed E-state index contributed by atoms with van der Waals surface area (Å²) in [7, 11) is 9.87. The SMILES string of the molecule is CC1=C(C)C(C)=C(C2=C(C)C(C)=C(C)C2)C1.[C-]1=CC=CC1.[C-]1=CC=CC1.[CH3-].[CH3-].[CH3-].[CH3-].[CH3-].[CH3-].[CH3-].[Cl-].[Cl-].[Cl][Zr][Cl].[Zr+2]. The van der Waals surface area contributed by atoms with Gasteiger partial charge in [0.25, 0.3) is 0 Å². The van der Waals surface area contributed by atoms with Gasteiger partial charge in [0.2, 0.25) is 0 Å². The molecule has 4 aliphatic carbocycles. The van der Waals surface area contributed by atoms with E-state index in [9.17, 15) is 0 Å². The largest absolute Gasteiger partial charge is 2.00 e. The van der Waals surface area contributed by atoms with Crippen molar-refractivity contribution in [2.75, 3.05) is 0 Å². The first-order chi connectivity index (χ1) is 13.8. The van der Waals surface area contributed by atoms with E-state index in [2.05, 4.69) is 65.8 Å². The summed E-state index contributed by atoms with van der Waals surface area (Å²) < 4.78 is 0. The van der Waals surface area contributed by atoms with Gasteiger partial charge in [0.1, 0.15) is 0 Å². The molecular weight excluding hydrogens is 721 g/mol. The minimum Gasteiger partial charge on any atom is 2.00 e. The quantitative estimate of drug-likeness (QED) is 0.277. The van der Waals surface area contributed by atoms with Gasteiger partial charge in [0.15, 0.2) is 0 Å². The van der Waals surface area contributed by atoms with Crippen LogP contribution in [0.3, 0.4) is 0 Å². The summed E-state index contributed by atoms with van der Waals surface area (Å²) in [6.07, 6.45) is 22.3. The molecule has 0 bridgehead atoms. The van der Waals surface area contributed by atoms with Gasteiger partial charge in [-0.1, -0.05) is 11.1 Å². The van der Waals surface area contributed by atoms with Gasteiger partial charge < -0.3 is 76.8 Å². The van der Waals surface area contributed by atoms with Crippen LogP contribution in [0.4, 0.5) is 0 Å². The minimum absolute atomic E-state index is 0. The predicted octanol–water partition coefficient (Wildman–Crippen LogP) is 6.25. The van der Waals surface area contributed by atoms with E-state index in [4.69, 9.17) is 17.0 Å². The third-order valence-electron chi connectivity index (χ3n) is 5.73. The molecule has 4 aliphatic rings. The molecule has 4 rings (SSSR count). The number of allylic oxidation sites excluding steroid dienone is 16. The zero-order valence-corrected chi connectivity index (χ0v) is 34.7. The van der Waals surface area contributed by atoms with Crippen molar-refractivity contribution in [1.29, 1.82) is 0 Å². The molecule has 0 nitrogen and oxygen atoms in total. The zero-order valence-electron chi connectivity index (χ0n) is 26.8. The summed E-state index contributed by atoms with van der Waals surface area (Å²) in [4.78, 5) is 0. The average molecular weight is 774 g/mol.